The second kappa shape index (κ2) is 11.0. The van der Waals surface area contributed by atoms with Crippen molar-refractivity contribution in [3.8, 4) is 0 Å². The van der Waals surface area contributed by atoms with Crippen LogP contribution < -0.4 is 5.11 Å². The molecule has 5 nitrogen and oxygen atoms in total. The zero-order valence-corrected chi connectivity index (χ0v) is 14.2. The number of likely N-dealkylation sites (N-methyl/N-ethyl adjacent to an activating group) is 1. The highest BCUT2D eigenvalue weighted by molar-refractivity contribution is 5.82. The van der Waals surface area contributed by atoms with Crippen LogP contribution in [-0.4, -0.2) is 50.2 Å². The van der Waals surface area contributed by atoms with Gasteiger partial charge in [0.25, 0.3) is 0 Å². The van der Waals surface area contributed by atoms with E-state index in [-0.39, 0.29) is 6.42 Å². The lowest BCUT2D eigenvalue weighted by Crippen LogP contribution is -2.45. The maximum atomic E-state index is 11.7. The Bertz CT molecular complexity index is 394. The van der Waals surface area contributed by atoms with Crippen LogP contribution in [0.4, 0.5) is 0 Å². The van der Waals surface area contributed by atoms with Gasteiger partial charge >= 0.3 is 5.97 Å². The minimum Gasteiger partial charge on any atom is -0.550 e. The molecule has 22 heavy (non-hydrogen) atoms. The highest BCUT2D eigenvalue weighted by Crippen LogP contribution is 2.06. The van der Waals surface area contributed by atoms with Gasteiger partial charge in [0.05, 0.1) is 21.1 Å². The van der Waals surface area contributed by atoms with E-state index in [0.717, 1.165) is 25.7 Å². The highest BCUT2D eigenvalue weighted by Gasteiger charge is 2.21. The molecule has 5 heteroatoms. The van der Waals surface area contributed by atoms with Gasteiger partial charge in [-0.1, -0.05) is 18.2 Å². The number of carboxylic acids is 1. The van der Waals surface area contributed by atoms with Crippen molar-refractivity contribution in [2.75, 3.05) is 27.7 Å². The molecule has 0 aromatic rings. The lowest BCUT2D eigenvalue weighted by Gasteiger charge is -2.29. The third kappa shape index (κ3) is 13.4. The van der Waals surface area contributed by atoms with Crippen molar-refractivity contribution in [1.29, 1.82) is 0 Å². The van der Waals surface area contributed by atoms with Crippen molar-refractivity contribution >= 4 is 11.9 Å². The van der Waals surface area contributed by atoms with Gasteiger partial charge < -0.3 is 19.1 Å². The van der Waals surface area contributed by atoms with Gasteiger partial charge in [-0.25, -0.2) is 4.79 Å². The Hall–Kier alpha value is -1.62. The molecule has 0 heterocycles. The van der Waals surface area contributed by atoms with E-state index < -0.39 is 18.0 Å². The summed E-state index contributed by atoms with van der Waals surface area (Å²) < 4.78 is 5.72. The van der Waals surface area contributed by atoms with Crippen LogP contribution in [0.2, 0.25) is 0 Å². The Morgan fingerprint density at radius 3 is 2.23 bits per heavy atom. The van der Waals surface area contributed by atoms with Crippen molar-refractivity contribution in [2.24, 2.45) is 0 Å². The van der Waals surface area contributed by atoms with E-state index in [1.807, 2.05) is 34.1 Å². The van der Waals surface area contributed by atoms with Gasteiger partial charge in [0.15, 0.2) is 6.10 Å². The predicted molar refractivity (Wildman–Crippen MR) is 84.8 cm³/mol. The summed E-state index contributed by atoms with van der Waals surface area (Å²) in [5, 5.41) is 10.7. The molecule has 0 N–H and O–H groups in total. The van der Waals surface area contributed by atoms with Crippen LogP contribution in [0.15, 0.2) is 24.3 Å². The van der Waals surface area contributed by atoms with E-state index >= 15 is 0 Å². The average molecular weight is 311 g/mol. The van der Waals surface area contributed by atoms with E-state index in [1.165, 1.54) is 6.08 Å². The Morgan fingerprint density at radius 1 is 1.14 bits per heavy atom. The topological polar surface area (TPSA) is 66.4 Å². The number of carboxylic acid groups (broad SMARTS) is 1. The highest BCUT2D eigenvalue weighted by atomic mass is 16.5. The number of rotatable bonds is 11. The fraction of sp³-hybridized carbons (Fsp3) is 0.647. The molecule has 0 aromatic carbocycles. The maximum Gasteiger partial charge on any atom is 0.330 e. The van der Waals surface area contributed by atoms with Crippen molar-refractivity contribution in [2.45, 2.75) is 45.1 Å². The van der Waals surface area contributed by atoms with Crippen LogP contribution in [0.3, 0.4) is 0 Å². The molecule has 0 rings (SSSR count). The maximum absolute atomic E-state index is 11.7. The first-order valence-corrected chi connectivity index (χ1v) is 7.73. The number of allylic oxidation sites excluding steroid dienone is 3. The predicted octanol–water partition coefficient (Wildman–Crippen LogP) is 1.44. The molecule has 0 aliphatic carbocycles. The molecule has 0 aliphatic rings. The molecule has 0 aliphatic heterocycles. The molecule has 1 atom stereocenters. The smallest absolute Gasteiger partial charge is 0.330 e. The zero-order chi connectivity index (χ0) is 17.0. The molecule has 126 valence electrons. The second-order valence-electron chi connectivity index (χ2n) is 6.36. The summed E-state index contributed by atoms with van der Waals surface area (Å²) in [6, 6.07) is 0. The first kappa shape index (κ1) is 20.4. The number of aliphatic carboxylic acids is 1. The fourth-order valence-electron chi connectivity index (χ4n) is 2.01. The van der Waals surface area contributed by atoms with Gasteiger partial charge in [-0.3, -0.25) is 0 Å². The van der Waals surface area contributed by atoms with Crippen LogP contribution in [0, 0.1) is 0 Å². The van der Waals surface area contributed by atoms with Crippen molar-refractivity contribution < 1.29 is 23.9 Å². The second-order valence-corrected chi connectivity index (χ2v) is 6.36. The summed E-state index contributed by atoms with van der Waals surface area (Å²) >= 11 is 0. The number of hydrogen-bond acceptors (Lipinski definition) is 4. The molecule has 0 fully saturated rings. The number of carbonyl (C=O) groups is 2. The summed E-state index contributed by atoms with van der Waals surface area (Å²) in [5.41, 5.74) is 0. The van der Waals surface area contributed by atoms with Gasteiger partial charge in [-0.2, -0.15) is 0 Å². The van der Waals surface area contributed by atoms with Crippen LogP contribution >= 0.6 is 0 Å². The van der Waals surface area contributed by atoms with Gasteiger partial charge in [0.1, 0.15) is 6.54 Å². The quantitative estimate of drug-likeness (QED) is 0.190. The summed E-state index contributed by atoms with van der Waals surface area (Å²) in [7, 11) is 5.74. The number of unbranched alkanes of at least 4 members (excludes halogenated alkanes) is 3. The minimum atomic E-state index is -1.21. The molecular weight excluding hydrogens is 282 g/mol. The molecular formula is C17H29NO4. The van der Waals surface area contributed by atoms with Crippen LogP contribution in [-0.2, 0) is 14.3 Å². The minimum absolute atomic E-state index is 0.279. The molecule has 0 bridgehead atoms. The lowest BCUT2D eigenvalue weighted by molar-refractivity contribution is -0.873. The molecule has 0 saturated carbocycles. The summed E-state index contributed by atoms with van der Waals surface area (Å²) in [4.78, 5) is 22.4. The molecule has 0 aromatic heterocycles. The molecule has 0 radical (unpaired) electrons. The lowest BCUT2D eigenvalue weighted by atomic mass is 10.2. The molecule has 0 saturated heterocycles. The normalized spacial score (nSPS) is 13.6. The van der Waals surface area contributed by atoms with E-state index in [9.17, 15) is 14.7 Å². The van der Waals surface area contributed by atoms with E-state index in [1.54, 1.807) is 6.08 Å². The molecule has 1 unspecified atom stereocenters. The van der Waals surface area contributed by atoms with Crippen molar-refractivity contribution in [3.05, 3.63) is 24.3 Å². The largest absolute Gasteiger partial charge is 0.550 e. The third-order valence-electron chi connectivity index (χ3n) is 2.91. The Morgan fingerprint density at radius 2 is 1.73 bits per heavy atom. The van der Waals surface area contributed by atoms with Gasteiger partial charge in [0, 0.05) is 18.5 Å². The van der Waals surface area contributed by atoms with Crippen LogP contribution in [0.1, 0.15) is 39.0 Å². The summed E-state index contributed by atoms with van der Waals surface area (Å²) in [6.45, 7) is 2.42. The number of hydrogen-bond donors (Lipinski definition) is 0. The zero-order valence-electron chi connectivity index (χ0n) is 14.2. The van der Waals surface area contributed by atoms with Crippen molar-refractivity contribution in [3.63, 3.8) is 0 Å². The number of nitrogens with zero attached hydrogens (tertiary/aromatic N) is 1. The third-order valence-corrected chi connectivity index (χ3v) is 2.91. The summed E-state index contributed by atoms with van der Waals surface area (Å²) in [5.74, 6) is -1.70. The Kier molecular flexibility index (Phi) is 10.2. The Labute approximate surface area is 133 Å². The van der Waals surface area contributed by atoms with E-state index in [0.29, 0.717) is 11.0 Å². The SMILES string of the molecule is C/C=C/CCCC/C=C/C(=O)OC(CC(=O)[O-])C[N+](C)(C)C. The van der Waals surface area contributed by atoms with Crippen LogP contribution in [0.25, 0.3) is 0 Å². The molecule has 0 spiro atoms. The Balaban J connectivity index is 4.18. The first-order valence-electron chi connectivity index (χ1n) is 7.73. The number of carbonyl (C=O) groups excluding carboxylic acids is 2. The number of quaternary nitrogens is 1. The van der Waals surface area contributed by atoms with Gasteiger partial charge in [-0.15, -0.1) is 0 Å². The van der Waals surface area contributed by atoms with Crippen LogP contribution in [0.5, 0.6) is 0 Å². The molecule has 0 amide bonds. The fourth-order valence-corrected chi connectivity index (χ4v) is 2.01. The average Bonchev–Trinajstić information content (AvgIpc) is 2.34. The standard InChI is InChI=1S/C17H29NO4/c1-5-6-7-8-9-10-11-12-17(21)22-15(13-16(19)20)14-18(2,3)4/h5-6,11-12,15H,7-10,13-14H2,1-4H3/b6-5+,12-11+. The van der Waals surface area contributed by atoms with Crippen molar-refractivity contribution in [1.82, 2.24) is 0 Å². The van der Waals surface area contributed by atoms with Gasteiger partial charge in [-0.05, 0) is 32.6 Å². The summed E-state index contributed by atoms with van der Waals surface area (Å²) in [6.07, 6.45) is 10.3. The number of ether oxygens (including phenoxy) is 1. The first-order chi connectivity index (χ1) is 10.2. The number of esters is 1. The van der Waals surface area contributed by atoms with Gasteiger partial charge in [0.2, 0.25) is 0 Å². The van der Waals surface area contributed by atoms with E-state index in [4.69, 9.17) is 4.74 Å². The van der Waals surface area contributed by atoms with E-state index in [2.05, 4.69) is 6.08 Å². The monoisotopic (exact) mass is 311 g/mol.